The Morgan fingerprint density at radius 3 is 2.72 bits per heavy atom. The van der Waals surface area contributed by atoms with Crippen LogP contribution in [0.4, 0.5) is 0 Å². The Labute approximate surface area is 152 Å². The molecule has 0 bridgehead atoms. The van der Waals surface area contributed by atoms with E-state index in [0.29, 0.717) is 22.8 Å². The summed E-state index contributed by atoms with van der Waals surface area (Å²) in [6.07, 6.45) is 4.02. The van der Waals surface area contributed by atoms with E-state index in [1.165, 1.54) is 0 Å². The summed E-state index contributed by atoms with van der Waals surface area (Å²) < 4.78 is 0. The van der Waals surface area contributed by atoms with Crippen molar-refractivity contribution in [1.29, 1.82) is 0 Å². The molecule has 0 spiro atoms. The topological polar surface area (TPSA) is 48.2 Å². The number of nitrogens with zero attached hydrogens (tertiary/aromatic N) is 3. The predicted molar refractivity (Wildman–Crippen MR) is 103 cm³/mol. The number of aromatic hydroxyl groups is 1. The average molecular weight is 352 g/mol. The lowest BCUT2D eigenvalue weighted by Crippen LogP contribution is -2.18. The highest BCUT2D eigenvalue weighted by Crippen LogP contribution is 2.37. The van der Waals surface area contributed by atoms with Crippen molar-refractivity contribution in [2.75, 3.05) is 0 Å². The van der Waals surface area contributed by atoms with Crippen molar-refractivity contribution in [3.63, 3.8) is 0 Å². The molecule has 1 unspecified atom stereocenters. The van der Waals surface area contributed by atoms with Gasteiger partial charge in [0.2, 0.25) is 0 Å². The molecule has 0 aliphatic carbocycles. The number of allylic oxidation sites excluding steroid dienone is 2. The number of aliphatic imine (C=N–C) groups is 1. The van der Waals surface area contributed by atoms with Crippen LogP contribution in [0.3, 0.4) is 0 Å². The number of benzene rings is 2. The third kappa shape index (κ3) is 3.49. The Hall–Kier alpha value is -2.85. The number of phenols is 1. The molecule has 0 radical (unpaired) electrons. The maximum Gasteiger partial charge on any atom is 0.148 e. The fourth-order valence-corrected chi connectivity index (χ4v) is 3.04. The van der Waals surface area contributed by atoms with Gasteiger partial charge in [-0.25, -0.2) is 10.0 Å². The number of halogens is 1. The van der Waals surface area contributed by atoms with Crippen LogP contribution in [-0.2, 0) is 0 Å². The molecule has 126 valence electrons. The summed E-state index contributed by atoms with van der Waals surface area (Å²) in [7, 11) is 0. The highest BCUT2D eigenvalue weighted by molar-refractivity contribution is 6.31. The van der Waals surface area contributed by atoms with Gasteiger partial charge in [0, 0.05) is 17.0 Å². The SMILES string of the molecule is C=C/C=C(\N=C)N1N=C(c2cc(Cl)ccc2O)CC1c1ccccc1. The van der Waals surface area contributed by atoms with E-state index in [4.69, 9.17) is 11.6 Å². The van der Waals surface area contributed by atoms with Crippen LogP contribution in [0.25, 0.3) is 0 Å². The highest BCUT2D eigenvalue weighted by atomic mass is 35.5. The molecule has 5 heteroatoms. The van der Waals surface area contributed by atoms with Crippen molar-refractivity contribution in [3.8, 4) is 5.75 Å². The number of phenolic OH excluding ortho intramolecular Hbond substituents is 1. The van der Waals surface area contributed by atoms with Crippen LogP contribution in [0.5, 0.6) is 5.75 Å². The first-order valence-electron chi connectivity index (χ1n) is 7.84. The predicted octanol–water partition coefficient (Wildman–Crippen LogP) is 4.92. The second-order valence-electron chi connectivity index (χ2n) is 5.60. The Balaban J connectivity index is 2.07. The Morgan fingerprint density at radius 1 is 1.28 bits per heavy atom. The summed E-state index contributed by atoms with van der Waals surface area (Å²) in [5.41, 5.74) is 2.46. The van der Waals surface area contributed by atoms with Gasteiger partial charge >= 0.3 is 0 Å². The van der Waals surface area contributed by atoms with Gasteiger partial charge in [0.25, 0.3) is 0 Å². The summed E-state index contributed by atoms with van der Waals surface area (Å²) in [5, 5.41) is 17.3. The van der Waals surface area contributed by atoms with E-state index < -0.39 is 0 Å². The van der Waals surface area contributed by atoms with Crippen LogP contribution in [-0.4, -0.2) is 22.5 Å². The van der Waals surface area contributed by atoms with Crippen molar-refractivity contribution >= 4 is 24.0 Å². The normalized spacial score (nSPS) is 17.3. The summed E-state index contributed by atoms with van der Waals surface area (Å²) in [6, 6.07) is 14.9. The van der Waals surface area contributed by atoms with Crippen LogP contribution < -0.4 is 0 Å². The summed E-state index contributed by atoms with van der Waals surface area (Å²) in [4.78, 5) is 4.07. The smallest absolute Gasteiger partial charge is 0.148 e. The standard InChI is InChI=1S/C20H18ClN3O/c1-3-7-20(22-2)24-18(14-8-5-4-6-9-14)13-17(23-24)16-12-15(21)10-11-19(16)25/h3-12,18,25H,1-2,13H2/b20-7+. The molecule has 0 saturated heterocycles. The molecule has 4 nitrogen and oxygen atoms in total. The van der Waals surface area contributed by atoms with Gasteiger partial charge in [0.1, 0.15) is 11.6 Å². The summed E-state index contributed by atoms with van der Waals surface area (Å²) >= 11 is 6.09. The lowest BCUT2D eigenvalue weighted by molar-refractivity contribution is 0.297. The summed E-state index contributed by atoms with van der Waals surface area (Å²) in [6.45, 7) is 7.36. The highest BCUT2D eigenvalue weighted by Gasteiger charge is 2.31. The molecular weight excluding hydrogens is 334 g/mol. The van der Waals surface area contributed by atoms with Gasteiger partial charge in [0.05, 0.1) is 11.8 Å². The van der Waals surface area contributed by atoms with Crippen LogP contribution in [0.1, 0.15) is 23.6 Å². The number of hydrogen-bond acceptors (Lipinski definition) is 4. The first kappa shape index (κ1) is 17.0. The van der Waals surface area contributed by atoms with Gasteiger partial charge in [-0.3, -0.25) is 0 Å². The fourth-order valence-electron chi connectivity index (χ4n) is 2.87. The molecule has 1 aliphatic heterocycles. The van der Waals surface area contributed by atoms with Gasteiger partial charge in [-0.15, -0.1) is 0 Å². The van der Waals surface area contributed by atoms with E-state index in [9.17, 15) is 5.11 Å². The lowest BCUT2D eigenvalue weighted by Gasteiger charge is -2.23. The minimum Gasteiger partial charge on any atom is -0.507 e. The minimum atomic E-state index is -0.0497. The molecule has 2 aromatic carbocycles. The average Bonchev–Trinajstić information content (AvgIpc) is 3.07. The molecule has 2 aromatic rings. The van der Waals surface area contributed by atoms with Crippen molar-refractivity contribution in [3.05, 3.63) is 89.2 Å². The number of hydrazone groups is 1. The molecule has 25 heavy (non-hydrogen) atoms. The zero-order chi connectivity index (χ0) is 17.8. The van der Waals surface area contributed by atoms with Gasteiger partial charge in [-0.2, -0.15) is 5.10 Å². The second-order valence-corrected chi connectivity index (χ2v) is 6.04. The molecule has 0 fully saturated rings. The monoisotopic (exact) mass is 351 g/mol. The van der Waals surface area contributed by atoms with Gasteiger partial charge in [-0.05, 0) is 36.6 Å². The third-order valence-electron chi connectivity index (χ3n) is 4.03. The molecule has 1 heterocycles. The van der Waals surface area contributed by atoms with Crippen molar-refractivity contribution < 1.29 is 5.11 Å². The largest absolute Gasteiger partial charge is 0.507 e. The zero-order valence-electron chi connectivity index (χ0n) is 13.6. The fraction of sp³-hybridized carbons (Fsp3) is 0.100. The van der Waals surface area contributed by atoms with E-state index in [0.717, 1.165) is 11.3 Å². The van der Waals surface area contributed by atoms with Crippen LogP contribution in [0, 0.1) is 0 Å². The van der Waals surface area contributed by atoms with Crippen molar-refractivity contribution in [2.45, 2.75) is 12.5 Å². The second kappa shape index (κ2) is 7.36. The lowest BCUT2D eigenvalue weighted by atomic mass is 9.98. The minimum absolute atomic E-state index is 0.0497. The van der Waals surface area contributed by atoms with Crippen LogP contribution in [0.15, 0.2) is 83.2 Å². The van der Waals surface area contributed by atoms with E-state index >= 15 is 0 Å². The van der Waals surface area contributed by atoms with Gasteiger partial charge < -0.3 is 5.11 Å². The summed E-state index contributed by atoms with van der Waals surface area (Å²) in [5.74, 6) is 0.748. The van der Waals surface area contributed by atoms with E-state index in [1.54, 1.807) is 35.4 Å². The molecule has 0 aromatic heterocycles. The van der Waals surface area contributed by atoms with Crippen molar-refractivity contribution in [2.24, 2.45) is 10.1 Å². The van der Waals surface area contributed by atoms with Gasteiger partial charge in [-0.1, -0.05) is 54.6 Å². The van der Waals surface area contributed by atoms with E-state index in [-0.39, 0.29) is 11.8 Å². The Kier molecular flexibility index (Phi) is 5.00. The Morgan fingerprint density at radius 2 is 2.04 bits per heavy atom. The quantitative estimate of drug-likeness (QED) is 0.613. The maximum absolute atomic E-state index is 10.2. The molecule has 1 N–H and O–H groups in total. The third-order valence-corrected chi connectivity index (χ3v) is 4.26. The number of rotatable bonds is 5. The molecule has 0 saturated carbocycles. The van der Waals surface area contributed by atoms with Crippen LogP contribution >= 0.6 is 11.6 Å². The first-order chi connectivity index (χ1) is 12.1. The molecule has 1 atom stereocenters. The van der Waals surface area contributed by atoms with Gasteiger partial charge in [0.15, 0.2) is 0 Å². The molecule has 0 amide bonds. The Bertz CT molecular complexity index is 858. The van der Waals surface area contributed by atoms with Crippen molar-refractivity contribution in [1.82, 2.24) is 5.01 Å². The first-order valence-corrected chi connectivity index (χ1v) is 8.22. The van der Waals surface area contributed by atoms with E-state index in [2.05, 4.69) is 23.4 Å². The molecular formula is C20H18ClN3O. The zero-order valence-corrected chi connectivity index (χ0v) is 14.4. The molecule has 1 aliphatic rings. The van der Waals surface area contributed by atoms with E-state index in [1.807, 2.05) is 30.3 Å². The number of hydrogen-bond donors (Lipinski definition) is 1. The van der Waals surface area contributed by atoms with Crippen LogP contribution in [0.2, 0.25) is 5.02 Å². The maximum atomic E-state index is 10.2. The molecule has 3 rings (SSSR count).